The Morgan fingerprint density at radius 1 is 1.42 bits per heavy atom. The van der Waals surface area contributed by atoms with Gasteiger partial charge in [0, 0.05) is 11.3 Å². The van der Waals surface area contributed by atoms with Crippen molar-refractivity contribution in [3.63, 3.8) is 0 Å². The molecular weight excluding hydrogens is 292 g/mol. The number of rotatable bonds is 5. The first kappa shape index (κ1) is 20.8. The predicted octanol–water partition coefficient (Wildman–Crippen LogP) is 0.0562. The monoisotopic (exact) mass is 312 g/mol. The number of thiocarbonyl (C=S) groups is 1. The molecule has 1 atom stereocenters. The van der Waals surface area contributed by atoms with E-state index in [1.54, 1.807) is 0 Å². The van der Waals surface area contributed by atoms with Gasteiger partial charge in [-0.15, -0.1) is 11.8 Å². The fraction of sp³-hybridized carbons (Fsp3) is 0.636. The molecule has 1 saturated heterocycles. The van der Waals surface area contributed by atoms with Crippen LogP contribution >= 0.6 is 24.0 Å². The molecule has 19 heavy (non-hydrogen) atoms. The van der Waals surface area contributed by atoms with Crippen molar-refractivity contribution in [3.05, 3.63) is 12.2 Å². The van der Waals surface area contributed by atoms with Crippen molar-refractivity contribution in [1.82, 2.24) is 0 Å². The summed E-state index contributed by atoms with van der Waals surface area (Å²) >= 11 is 6.26. The van der Waals surface area contributed by atoms with Crippen LogP contribution in [0.25, 0.3) is 0 Å². The first-order valence-corrected chi connectivity index (χ1v) is 6.77. The zero-order valence-electron chi connectivity index (χ0n) is 10.7. The zero-order valence-corrected chi connectivity index (χ0v) is 12.4. The number of thioether (sulfide) groups is 1. The lowest BCUT2D eigenvalue weighted by Gasteiger charge is -1.94. The van der Waals surface area contributed by atoms with E-state index < -0.39 is 5.97 Å². The minimum absolute atomic E-state index is 0.00667. The molecule has 6 nitrogen and oxygen atoms in total. The smallest absolute Gasteiger partial charge is 0.330 e. The van der Waals surface area contributed by atoms with Gasteiger partial charge >= 0.3 is 5.97 Å². The van der Waals surface area contributed by atoms with Gasteiger partial charge in [0.05, 0.1) is 36.7 Å². The third kappa shape index (κ3) is 20.0. The molecule has 8 heteroatoms. The number of aliphatic hydroxyl groups is 3. The molecule has 1 unspecified atom stereocenters. The summed E-state index contributed by atoms with van der Waals surface area (Å²) in [7, 11) is 0. The normalized spacial score (nSPS) is 15.3. The zero-order chi connectivity index (χ0) is 15.3. The van der Waals surface area contributed by atoms with Gasteiger partial charge in [0.1, 0.15) is 0 Å². The number of hydrogen-bond acceptors (Lipinski definition) is 7. The van der Waals surface area contributed by atoms with Crippen molar-refractivity contribution in [1.29, 1.82) is 0 Å². The first-order valence-electron chi connectivity index (χ1n) is 5.37. The standard InChI is InChI=1S/C5H8O2S2.C4H6O2.C2H6O2/c6-1-5(8)9-3-4-2-7-4;1-3(2)4(5)6;3-1-2-4/h4,6H,1-3H2;1H2,2H3,(H,5,6);3-4H,1-2H2. The Morgan fingerprint density at radius 2 is 1.84 bits per heavy atom. The average molecular weight is 312 g/mol. The van der Waals surface area contributed by atoms with E-state index in [4.69, 9.17) is 37.4 Å². The second-order valence-electron chi connectivity index (χ2n) is 3.33. The Labute approximate surface area is 122 Å². The highest BCUT2D eigenvalue weighted by Crippen LogP contribution is 2.16. The van der Waals surface area contributed by atoms with Gasteiger partial charge in [0.2, 0.25) is 0 Å². The van der Waals surface area contributed by atoms with Crippen molar-refractivity contribution in [2.45, 2.75) is 13.0 Å². The Hall–Kier alpha value is -0.510. The molecule has 1 rings (SSSR count). The number of ether oxygens (including phenoxy) is 1. The number of carboxylic acid groups (broad SMARTS) is 1. The van der Waals surface area contributed by atoms with Gasteiger partial charge in [-0.3, -0.25) is 0 Å². The highest BCUT2D eigenvalue weighted by molar-refractivity contribution is 8.23. The number of epoxide rings is 1. The highest BCUT2D eigenvalue weighted by atomic mass is 32.2. The van der Waals surface area contributed by atoms with Crippen LogP contribution in [0.4, 0.5) is 0 Å². The van der Waals surface area contributed by atoms with Crippen LogP contribution in [0.1, 0.15) is 6.92 Å². The first-order chi connectivity index (χ1) is 8.88. The number of carboxylic acids is 1. The summed E-state index contributed by atoms with van der Waals surface area (Å²) in [6.07, 6.45) is 0.402. The fourth-order valence-corrected chi connectivity index (χ4v) is 1.26. The Bertz CT molecular complexity index is 264. The molecule has 0 aromatic carbocycles. The Balaban J connectivity index is 0. The molecule has 1 heterocycles. The molecule has 112 valence electrons. The molecule has 1 aliphatic heterocycles. The fourth-order valence-electron chi connectivity index (χ4n) is 0.396. The largest absolute Gasteiger partial charge is 0.478 e. The molecule has 0 saturated carbocycles. The maximum Gasteiger partial charge on any atom is 0.330 e. The van der Waals surface area contributed by atoms with E-state index in [-0.39, 0.29) is 25.4 Å². The van der Waals surface area contributed by atoms with Crippen molar-refractivity contribution in [3.8, 4) is 0 Å². The molecular formula is C11H20O6S2. The van der Waals surface area contributed by atoms with Crippen molar-refractivity contribution >= 4 is 34.1 Å². The Kier molecular flexibility index (Phi) is 15.2. The number of hydrogen-bond donors (Lipinski definition) is 4. The molecule has 0 bridgehead atoms. The van der Waals surface area contributed by atoms with E-state index in [1.165, 1.54) is 18.7 Å². The van der Waals surface area contributed by atoms with Gasteiger partial charge in [-0.2, -0.15) is 0 Å². The summed E-state index contributed by atoms with van der Waals surface area (Å²) < 4.78 is 5.60. The van der Waals surface area contributed by atoms with Crippen LogP contribution in [0.15, 0.2) is 12.2 Å². The summed E-state index contributed by atoms with van der Waals surface area (Å²) in [5, 5.41) is 31.6. The van der Waals surface area contributed by atoms with Crippen LogP contribution in [-0.2, 0) is 9.53 Å². The van der Waals surface area contributed by atoms with Crippen LogP contribution in [0.3, 0.4) is 0 Å². The summed E-state index contributed by atoms with van der Waals surface area (Å²) in [4.78, 5) is 9.60. The third-order valence-electron chi connectivity index (χ3n) is 1.43. The third-order valence-corrected chi connectivity index (χ3v) is 2.90. The molecule has 0 aliphatic carbocycles. The van der Waals surface area contributed by atoms with E-state index in [9.17, 15) is 4.79 Å². The molecule has 0 amide bonds. The minimum Gasteiger partial charge on any atom is -0.478 e. The van der Waals surface area contributed by atoms with E-state index in [0.717, 1.165) is 12.4 Å². The van der Waals surface area contributed by atoms with Gasteiger partial charge in [-0.1, -0.05) is 18.8 Å². The van der Waals surface area contributed by atoms with Crippen molar-refractivity contribution < 1.29 is 30.0 Å². The predicted molar refractivity (Wildman–Crippen MR) is 78.5 cm³/mol. The minimum atomic E-state index is -0.935. The Morgan fingerprint density at radius 3 is 2.05 bits per heavy atom. The van der Waals surface area contributed by atoms with Crippen LogP contribution < -0.4 is 0 Å². The van der Waals surface area contributed by atoms with Gasteiger partial charge in [0.25, 0.3) is 0 Å². The summed E-state index contributed by atoms with van der Waals surface area (Å²) in [5.41, 5.74) is 0.176. The van der Waals surface area contributed by atoms with Crippen LogP contribution in [0.2, 0.25) is 0 Å². The lowest BCUT2D eigenvalue weighted by atomic mass is 10.4. The number of aliphatic carboxylic acids is 1. The van der Waals surface area contributed by atoms with E-state index in [0.29, 0.717) is 10.3 Å². The topological polar surface area (TPSA) is 111 Å². The van der Waals surface area contributed by atoms with E-state index in [1.807, 2.05) is 0 Å². The summed E-state index contributed by atoms with van der Waals surface area (Å²) in [5.74, 6) is -0.0330. The number of aliphatic hydroxyl groups excluding tert-OH is 3. The molecule has 0 spiro atoms. The maximum atomic E-state index is 9.60. The van der Waals surface area contributed by atoms with Crippen molar-refractivity contribution in [2.75, 3.05) is 32.2 Å². The van der Waals surface area contributed by atoms with Crippen molar-refractivity contribution in [2.24, 2.45) is 0 Å². The molecule has 0 aromatic rings. The lowest BCUT2D eigenvalue weighted by Crippen LogP contribution is -1.99. The van der Waals surface area contributed by atoms with E-state index in [2.05, 4.69) is 6.58 Å². The second kappa shape index (κ2) is 13.9. The van der Waals surface area contributed by atoms with Gasteiger partial charge in [0.15, 0.2) is 0 Å². The van der Waals surface area contributed by atoms with E-state index >= 15 is 0 Å². The van der Waals surface area contributed by atoms with Crippen LogP contribution in [0.5, 0.6) is 0 Å². The van der Waals surface area contributed by atoms with Crippen LogP contribution in [-0.4, -0.2) is 68.9 Å². The number of carbonyl (C=O) groups is 1. The maximum absolute atomic E-state index is 9.60. The highest BCUT2D eigenvalue weighted by Gasteiger charge is 2.22. The SMILES string of the molecule is C=C(C)C(=O)O.OCC(=S)SCC1CO1.OCCO. The quantitative estimate of drug-likeness (QED) is 0.320. The molecule has 0 radical (unpaired) electrons. The second-order valence-corrected chi connectivity index (χ2v) is 5.20. The van der Waals surface area contributed by atoms with Gasteiger partial charge in [-0.05, 0) is 6.92 Å². The van der Waals surface area contributed by atoms with Crippen LogP contribution in [0, 0.1) is 0 Å². The lowest BCUT2D eigenvalue weighted by molar-refractivity contribution is -0.132. The van der Waals surface area contributed by atoms with Gasteiger partial charge < -0.3 is 25.2 Å². The molecule has 0 aromatic heterocycles. The summed E-state index contributed by atoms with van der Waals surface area (Å²) in [6, 6.07) is 0. The average Bonchev–Trinajstić information content (AvgIpc) is 3.20. The van der Waals surface area contributed by atoms with Gasteiger partial charge in [-0.25, -0.2) is 4.79 Å². The molecule has 4 N–H and O–H groups in total. The molecule has 1 fully saturated rings. The molecule has 1 aliphatic rings. The summed E-state index contributed by atoms with van der Waals surface area (Å²) in [6.45, 7) is 5.22.